The molecule has 9 nitrogen and oxygen atoms in total. The summed E-state index contributed by atoms with van der Waals surface area (Å²) in [5, 5.41) is 6.68. The highest BCUT2D eigenvalue weighted by Gasteiger charge is 2.51. The third-order valence-corrected chi connectivity index (χ3v) is 3.29. The van der Waals surface area contributed by atoms with Crippen molar-refractivity contribution in [3.63, 3.8) is 0 Å². The molecule has 22 heavy (non-hydrogen) atoms. The van der Waals surface area contributed by atoms with E-state index in [4.69, 9.17) is 4.42 Å². The monoisotopic (exact) mass is 308 g/mol. The molecule has 1 aromatic rings. The van der Waals surface area contributed by atoms with Crippen molar-refractivity contribution in [3.05, 3.63) is 23.7 Å². The molecule has 9 heteroatoms. The summed E-state index contributed by atoms with van der Waals surface area (Å²) < 4.78 is 5.40. The summed E-state index contributed by atoms with van der Waals surface area (Å²) in [4.78, 5) is 47.8. The Morgan fingerprint density at radius 1 is 1.36 bits per heavy atom. The molecule has 2 heterocycles. The van der Waals surface area contributed by atoms with Gasteiger partial charge < -0.3 is 15.1 Å². The lowest BCUT2D eigenvalue weighted by Gasteiger charge is -2.18. The van der Waals surface area contributed by atoms with E-state index in [-0.39, 0.29) is 5.76 Å². The molecule has 0 unspecified atom stereocenters. The number of hydrogen-bond donors (Lipinski definition) is 3. The number of amides is 6. The SMILES string of the molecule is CNC(=O)NC(=O)CN1C(=O)N[C@@](C)(c2ccc(C)o2)C1=O. The van der Waals surface area contributed by atoms with Crippen molar-refractivity contribution in [1.29, 1.82) is 0 Å². The van der Waals surface area contributed by atoms with E-state index in [9.17, 15) is 19.2 Å². The predicted molar refractivity (Wildman–Crippen MR) is 73.6 cm³/mol. The van der Waals surface area contributed by atoms with E-state index < -0.39 is 36.0 Å². The van der Waals surface area contributed by atoms with Crippen LogP contribution in [0, 0.1) is 6.92 Å². The van der Waals surface area contributed by atoms with Crippen LogP contribution in [0.5, 0.6) is 0 Å². The summed E-state index contributed by atoms with van der Waals surface area (Å²) in [6.07, 6.45) is 0. The number of aryl methyl sites for hydroxylation is 1. The van der Waals surface area contributed by atoms with Crippen LogP contribution < -0.4 is 16.0 Å². The fourth-order valence-electron chi connectivity index (χ4n) is 2.08. The van der Waals surface area contributed by atoms with E-state index in [0.29, 0.717) is 5.76 Å². The Morgan fingerprint density at radius 2 is 2.05 bits per heavy atom. The van der Waals surface area contributed by atoms with Crippen molar-refractivity contribution in [2.75, 3.05) is 13.6 Å². The van der Waals surface area contributed by atoms with Gasteiger partial charge in [-0.2, -0.15) is 0 Å². The third-order valence-electron chi connectivity index (χ3n) is 3.29. The van der Waals surface area contributed by atoms with Crippen LogP contribution in [-0.4, -0.2) is 42.4 Å². The van der Waals surface area contributed by atoms with E-state index in [1.54, 1.807) is 19.1 Å². The Balaban J connectivity index is 2.15. The Morgan fingerprint density at radius 3 is 2.59 bits per heavy atom. The maximum Gasteiger partial charge on any atom is 0.325 e. The normalized spacial score (nSPS) is 20.8. The summed E-state index contributed by atoms with van der Waals surface area (Å²) in [6.45, 7) is 2.64. The zero-order chi connectivity index (χ0) is 16.5. The van der Waals surface area contributed by atoms with E-state index in [2.05, 4.69) is 10.6 Å². The first-order chi connectivity index (χ1) is 10.3. The quantitative estimate of drug-likeness (QED) is 0.668. The lowest BCUT2D eigenvalue weighted by atomic mass is 9.99. The summed E-state index contributed by atoms with van der Waals surface area (Å²) in [7, 11) is 1.34. The van der Waals surface area contributed by atoms with Crippen molar-refractivity contribution >= 4 is 23.9 Å². The van der Waals surface area contributed by atoms with Crippen LogP contribution in [0.2, 0.25) is 0 Å². The van der Waals surface area contributed by atoms with Gasteiger partial charge in [-0.1, -0.05) is 0 Å². The van der Waals surface area contributed by atoms with Gasteiger partial charge in [-0.25, -0.2) is 9.59 Å². The standard InChI is InChI=1S/C13H16N4O5/c1-7-4-5-8(22-7)13(2)10(19)17(12(21)16-13)6-9(18)15-11(20)14-3/h4-5H,6H2,1-3H3,(H,16,21)(H2,14,15,18,20)/t13-/m0/s1. The molecule has 0 bridgehead atoms. The average Bonchev–Trinajstić information content (AvgIpc) is 2.97. The minimum Gasteiger partial charge on any atom is -0.463 e. The van der Waals surface area contributed by atoms with Gasteiger partial charge in [-0.05, 0) is 26.0 Å². The Bertz CT molecular complexity index is 653. The fourth-order valence-corrected chi connectivity index (χ4v) is 2.08. The first-order valence-electron chi connectivity index (χ1n) is 6.50. The second-order valence-corrected chi connectivity index (χ2v) is 4.98. The van der Waals surface area contributed by atoms with Crippen LogP contribution in [0.4, 0.5) is 9.59 Å². The number of nitrogens with zero attached hydrogens (tertiary/aromatic N) is 1. The van der Waals surface area contributed by atoms with Crippen LogP contribution in [-0.2, 0) is 15.1 Å². The number of urea groups is 2. The zero-order valence-corrected chi connectivity index (χ0v) is 12.4. The second kappa shape index (κ2) is 5.51. The van der Waals surface area contributed by atoms with E-state index >= 15 is 0 Å². The lowest BCUT2D eigenvalue weighted by Crippen LogP contribution is -2.46. The van der Waals surface area contributed by atoms with Crippen LogP contribution in [0.25, 0.3) is 0 Å². The van der Waals surface area contributed by atoms with Gasteiger partial charge >= 0.3 is 12.1 Å². The van der Waals surface area contributed by atoms with Gasteiger partial charge in [0.25, 0.3) is 5.91 Å². The van der Waals surface area contributed by atoms with E-state index in [1.165, 1.54) is 14.0 Å². The average molecular weight is 308 g/mol. The third kappa shape index (κ3) is 2.65. The molecular formula is C13H16N4O5. The minimum absolute atomic E-state index is 0.276. The molecule has 1 aliphatic rings. The number of carbonyl (C=O) groups excluding carboxylic acids is 4. The van der Waals surface area contributed by atoms with Crippen molar-refractivity contribution < 1.29 is 23.6 Å². The molecular weight excluding hydrogens is 292 g/mol. The van der Waals surface area contributed by atoms with Gasteiger partial charge in [0.1, 0.15) is 18.1 Å². The predicted octanol–water partition coefficient (Wildman–Crippen LogP) is -0.189. The van der Waals surface area contributed by atoms with Gasteiger partial charge in [-0.3, -0.25) is 19.8 Å². The van der Waals surface area contributed by atoms with Crippen molar-refractivity contribution in [3.8, 4) is 0 Å². The Hall–Kier alpha value is -2.84. The van der Waals surface area contributed by atoms with Crippen LogP contribution >= 0.6 is 0 Å². The molecule has 118 valence electrons. The summed E-state index contributed by atoms with van der Waals surface area (Å²) in [5.74, 6) is -0.534. The molecule has 1 fully saturated rings. The van der Waals surface area contributed by atoms with Gasteiger partial charge in [0.2, 0.25) is 5.91 Å². The molecule has 0 aliphatic carbocycles. The molecule has 0 spiro atoms. The van der Waals surface area contributed by atoms with Gasteiger partial charge in [0.05, 0.1) is 0 Å². The van der Waals surface area contributed by atoms with Crippen molar-refractivity contribution in [2.24, 2.45) is 0 Å². The lowest BCUT2D eigenvalue weighted by molar-refractivity contribution is -0.135. The molecule has 3 N–H and O–H groups in total. The van der Waals surface area contributed by atoms with Crippen LogP contribution in [0.3, 0.4) is 0 Å². The maximum atomic E-state index is 12.4. The number of nitrogens with one attached hydrogen (secondary N) is 3. The maximum absolute atomic E-state index is 12.4. The minimum atomic E-state index is -1.38. The van der Waals surface area contributed by atoms with Crippen LogP contribution in [0.1, 0.15) is 18.4 Å². The topological polar surface area (TPSA) is 121 Å². The van der Waals surface area contributed by atoms with E-state index in [1.807, 2.05) is 5.32 Å². The highest BCUT2D eigenvalue weighted by atomic mass is 16.3. The molecule has 6 amide bonds. The molecule has 1 aliphatic heterocycles. The number of rotatable bonds is 3. The number of carbonyl (C=O) groups is 4. The van der Waals surface area contributed by atoms with Gasteiger partial charge in [0, 0.05) is 7.05 Å². The molecule has 1 saturated heterocycles. The summed E-state index contributed by atoms with van der Waals surface area (Å²) in [6, 6.07) is 1.80. The number of furan rings is 1. The first-order valence-corrected chi connectivity index (χ1v) is 6.50. The molecule has 2 rings (SSSR count). The smallest absolute Gasteiger partial charge is 0.325 e. The highest BCUT2D eigenvalue weighted by molar-refractivity contribution is 6.09. The van der Waals surface area contributed by atoms with Gasteiger partial charge in [-0.15, -0.1) is 0 Å². The number of imide groups is 2. The van der Waals surface area contributed by atoms with E-state index in [0.717, 1.165) is 4.90 Å². The number of hydrogen-bond acceptors (Lipinski definition) is 5. The largest absolute Gasteiger partial charge is 0.463 e. The van der Waals surface area contributed by atoms with Crippen molar-refractivity contribution in [2.45, 2.75) is 19.4 Å². The molecule has 0 saturated carbocycles. The molecule has 1 aromatic heterocycles. The summed E-state index contributed by atoms with van der Waals surface area (Å²) in [5.41, 5.74) is -1.38. The Kier molecular flexibility index (Phi) is 3.89. The molecule has 1 atom stereocenters. The molecule has 0 aromatic carbocycles. The Labute approximate surface area is 126 Å². The summed E-state index contributed by atoms with van der Waals surface area (Å²) >= 11 is 0. The fraction of sp³-hybridized carbons (Fsp3) is 0.385. The first kappa shape index (κ1) is 15.5. The molecule has 0 radical (unpaired) electrons. The van der Waals surface area contributed by atoms with Crippen LogP contribution in [0.15, 0.2) is 16.5 Å². The van der Waals surface area contributed by atoms with Gasteiger partial charge in [0.15, 0.2) is 5.54 Å². The highest BCUT2D eigenvalue weighted by Crippen LogP contribution is 2.29. The zero-order valence-electron chi connectivity index (χ0n) is 12.4. The second-order valence-electron chi connectivity index (χ2n) is 4.98. The van der Waals surface area contributed by atoms with Crippen molar-refractivity contribution in [1.82, 2.24) is 20.9 Å².